The highest BCUT2D eigenvalue weighted by Gasteiger charge is 2.32. The molecule has 1 aliphatic rings. The number of carbonyl (C=O) groups is 2. The number of aliphatic hydroxyl groups excluding tert-OH is 1. The lowest BCUT2D eigenvalue weighted by Gasteiger charge is -2.28. The molecule has 2 atom stereocenters. The minimum absolute atomic E-state index is 0.0699. The zero-order chi connectivity index (χ0) is 29.2. The number of nitrogens with zero attached hydrogens (tertiary/aromatic N) is 1. The molecule has 216 valence electrons. The molecule has 0 radical (unpaired) electrons. The van der Waals surface area contributed by atoms with Crippen LogP contribution in [-0.4, -0.2) is 63.1 Å². The van der Waals surface area contributed by atoms with Crippen LogP contribution in [-0.2, 0) is 9.53 Å². The third kappa shape index (κ3) is 7.56. The Morgan fingerprint density at radius 2 is 1.93 bits per heavy atom. The van der Waals surface area contributed by atoms with Crippen LogP contribution < -0.4 is 35.0 Å². The second-order valence-corrected chi connectivity index (χ2v) is 8.96. The lowest BCUT2D eigenvalue weighted by atomic mass is 9.95. The number of hydrogen-bond acceptors (Lipinski definition) is 10. The Balaban J connectivity index is 1.71. The van der Waals surface area contributed by atoms with Crippen LogP contribution in [0, 0.1) is 0 Å². The van der Waals surface area contributed by atoms with Gasteiger partial charge in [0.05, 0.1) is 44.8 Å². The molecule has 0 aliphatic carbocycles. The molecule has 0 saturated heterocycles. The van der Waals surface area contributed by atoms with Gasteiger partial charge in [0.15, 0.2) is 29.2 Å². The molecular weight excluding hydrogens is 520 g/mol. The van der Waals surface area contributed by atoms with Crippen molar-refractivity contribution in [2.45, 2.75) is 46.1 Å². The van der Waals surface area contributed by atoms with E-state index in [0.29, 0.717) is 46.4 Å². The van der Waals surface area contributed by atoms with E-state index in [4.69, 9.17) is 23.7 Å². The van der Waals surface area contributed by atoms with Gasteiger partial charge in [-0.05, 0) is 57.5 Å². The number of nitrogens with one attached hydrogen (secondary N) is 3. The number of urea groups is 1. The largest absolute Gasteiger partial charge is 0.493 e. The van der Waals surface area contributed by atoms with E-state index in [1.165, 1.54) is 13.3 Å². The summed E-state index contributed by atoms with van der Waals surface area (Å²) >= 11 is 0. The van der Waals surface area contributed by atoms with Crippen LogP contribution in [0.4, 0.5) is 4.79 Å². The minimum atomic E-state index is -1.15. The highest BCUT2D eigenvalue weighted by Crippen LogP contribution is 2.35. The van der Waals surface area contributed by atoms with Gasteiger partial charge in [0, 0.05) is 11.3 Å². The summed E-state index contributed by atoms with van der Waals surface area (Å²) in [7, 11) is 2.83. The number of amides is 2. The first-order valence-electron chi connectivity index (χ1n) is 12.7. The number of rotatable bonds is 13. The molecule has 2 amide bonds. The topological polar surface area (TPSA) is 149 Å². The summed E-state index contributed by atoms with van der Waals surface area (Å²) in [6, 6.07) is 9.23. The Bertz CT molecular complexity index is 1260. The zero-order valence-corrected chi connectivity index (χ0v) is 23.4. The van der Waals surface area contributed by atoms with Gasteiger partial charge in [-0.3, -0.25) is 5.43 Å². The van der Waals surface area contributed by atoms with Gasteiger partial charge in [-0.25, -0.2) is 9.59 Å². The van der Waals surface area contributed by atoms with E-state index in [1.54, 1.807) is 38.3 Å². The van der Waals surface area contributed by atoms with Crippen molar-refractivity contribution in [3.05, 3.63) is 58.8 Å². The molecule has 12 heteroatoms. The number of carbonyl (C=O) groups excluding carboxylic acids is 2. The van der Waals surface area contributed by atoms with Crippen molar-refractivity contribution in [1.29, 1.82) is 0 Å². The molecule has 0 bridgehead atoms. The van der Waals surface area contributed by atoms with Gasteiger partial charge in [0.25, 0.3) is 0 Å². The molecular formula is C28H36N4O8. The summed E-state index contributed by atoms with van der Waals surface area (Å²) < 4.78 is 27.7. The second-order valence-electron chi connectivity index (χ2n) is 8.96. The molecule has 1 heterocycles. The third-order valence-corrected chi connectivity index (χ3v) is 5.68. The van der Waals surface area contributed by atoms with Crippen molar-refractivity contribution < 1.29 is 38.4 Å². The average molecular weight is 557 g/mol. The van der Waals surface area contributed by atoms with E-state index in [0.717, 1.165) is 0 Å². The Kier molecular flexibility index (Phi) is 10.6. The van der Waals surface area contributed by atoms with Crippen LogP contribution in [0.25, 0.3) is 0 Å². The van der Waals surface area contributed by atoms with Gasteiger partial charge >= 0.3 is 12.0 Å². The number of ether oxygens (including phenoxy) is 5. The highest BCUT2D eigenvalue weighted by atomic mass is 16.5. The number of benzene rings is 2. The van der Waals surface area contributed by atoms with Crippen molar-refractivity contribution in [1.82, 2.24) is 16.1 Å². The molecule has 40 heavy (non-hydrogen) atoms. The molecule has 12 nitrogen and oxygen atoms in total. The highest BCUT2D eigenvalue weighted by molar-refractivity contribution is 5.95. The number of methoxy groups -OCH3 is 2. The third-order valence-electron chi connectivity index (χ3n) is 5.68. The van der Waals surface area contributed by atoms with Gasteiger partial charge in [-0.1, -0.05) is 12.1 Å². The van der Waals surface area contributed by atoms with Gasteiger partial charge in [0.1, 0.15) is 6.61 Å². The van der Waals surface area contributed by atoms with E-state index >= 15 is 0 Å². The molecule has 2 aromatic carbocycles. The van der Waals surface area contributed by atoms with Crippen molar-refractivity contribution >= 4 is 18.2 Å². The smallest absolute Gasteiger partial charge is 0.337 e. The monoisotopic (exact) mass is 556 g/mol. The van der Waals surface area contributed by atoms with E-state index in [-0.39, 0.29) is 18.3 Å². The zero-order valence-electron chi connectivity index (χ0n) is 23.4. The average Bonchev–Trinajstić information content (AvgIpc) is 2.92. The van der Waals surface area contributed by atoms with Crippen molar-refractivity contribution in [3.8, 4) is 23.0 Å². The number of para-hydroxylation sites is 1. The van der Waals surface area contributed by atoms with E-state index in [9.17, 15) is 14.7 Å². The number of esters is 1. The number of allylic oxidation sites excluding steroid dienone is 1. The quantitative estimate of drug-likeness (QED) is 0.126. The summed E-state index contributed by atoms with van der Waals surface area (Å²) in [6.45, 7) is 7.45. The van der Waals surface area contributed by atoms with Gasteiger partial charge < -0.3 is 39.4 Å². The predicted molar refractivity (Wildman–Crippen MR) is 148 cm³/mol. The molecule has 0 unspecified atom stereocenters. The number of hydrazone groups is 1. The first-order chi connectivity index (χ1) is 19.2. The number of aliphatic hydroxyl groups is 1. The molecule has 0 fully saturated rings. The maximum absolute atomic E-state index is 12.4. The first-order valence-corrected chi connectivity index (χ1v) is 12.7. The lowest BCUT2D eigenvalue weighted by Crippen LogP contribution is -2.45. The number of hydrogen-bond donors (Lipinski definition) is 4. The molecule has 3 rings (SSSR count). The SMILES string of the molecule is CCOc1cc([C@@H]2NC(=O)NC(C)=C2C(=O)OC)ccc1OC[C@H](O)N/N=C/c1cccc(OC)c1OC(C)C. The van der Waals surface area contributed by atoms with Gasteiger partial charge in [-0.2, -0.15) is 5.10 Å². The van der Waals surface area contributed by atoms with Crippen LogP contribution in [0.1, 0.15) is 44.9 Å². The normalized spacial score (nSPS) is 15.8. The standard InChI is InChI=1S/C28H36N4O8/c1-7-38-22-13-18(25-24(27(34)37-6)17(4)30-28(35)31-25)11-12-20(22)39-15-23(33)32-29-14-19-9-8-10-21(36-5)26(19)40-16(2)3/h8-14,16,23,25,32-33H,7,15H2,1-6H3,(H2,30,31,35)/b29-14+/t23-,25-/m0/s1. The molecule has 2 aromatic rings. The fourth-order valence-corrected chi connectivity index (χ4v) is 3.97. The van der Waals surface area contributed by atoms with Crippen LogP contribution in [0.2, 0.25) is 0 Å². The Morgan fingerprint density at radius 1 is 1.15 bits per heavy atom. The van der Waals surface area contributed by atoms with E-state index < -0.39 is 24.3 Å². The van der Waals surface area contributed by atoms with E-state index in [1.807, 2.05) is 32.9 Å². The molecule has 0 spiro atoms. The summed E-state index contributed by atoms with van der Waals surface area (Å²) in [5.74, 6) is 1.28. The predicted octanol–water partition coefficient (Wildman–Crippen LogP) is 3.00. The maximum Gasteiger partial charge on any atom is 0.337 e. The summed E-state index contributed by atoms with van der Waals surface area (Å²) in [6.07, 6.45) is 0.302. The van der Waals surface area contributed by atoms with Crippen LogP contribution >= 0.6 is 0 Å². The fraction of sp³-hybridized carbons (Fsp3) is 0.393. The van der Waals surface area contributed by atoms with Crippen molar-refractivity contribution in [2.75, 3.05) is 27.4 Å². The van der Waals surface area contributed by atoms with Crippen molar-refractivity contribution in [2.24, 2.45) is 5.10 Å². The Morgan fingerprint density at radius 3 is 2.60 bits per heavy atom. The minimum Gasteiger partial charge on any atom is -0.493 e. The Labute approximate surface area is 233 Å². The van der Waals surface area contributed by atoms with Crippen LogP contribution in [0.5, 0.6) is 23.0 Å². The van der Waals surface area contributed by atoms with Crippen molar-refractivity contribution in [3.63, 3.8) is 0 Å². The van der Waals surface area contributed by atoms with Gasteiger partial charge in [-0.15, -0.1) is 0 Å². The fourth-order valence-electron chi connectivity index (χ4n) is 3.97. The van der Waals surface area contributed by atoms with Crippen LogP contribution in [0.15, 0.2) is 52.8 Å². The lowest BCUT2D eigenvalue weighted by molar-refractivity contribution is -0.136. The summed E-state index contributed by atoms with van der Waals surface area (Å²) in [5, 5.41) is 19.8. The maximum atomic E-state index is 12.4. The molecule has 1 aliphatic heterocycles. The van der Waals surface area contributed by atoms with Gasteiger partial charge in [0.2, 0.25) is 0 Å². The first kappa shape index (κ1) is 30.1. The summed E-state index contributed by atoms with van der Waals surface area (Å²) in [5.41, 5.74) is 4.54. The second kappa shape index (κ2) is 14.1. The summed E-state index contributed by atoms with van der Waals surface area (Å²) in [4.78, 5) is 24.5. The molecule has 0 saturated carbocycles. The Hall–Kier alpha value is -4.45. The molecule has 4 N–H and O–H groups in total. The van der Waals surface area contributed by atoms with Crippen LogP contribution in [0.3, 0.4) is 0 Å². The van der Waals surface area contributed by atoms with E-state index in [2.05, 4.69) is 21.2 Å². The molecule has 0 aromatic heterocycles.